The van der Waals surface area contributed by atoms with Crippen LogP contribution in [0, 0.1) is 0 Å². The molecule has 1 aliphatic heterocycles. The minimum atomic E-state index is -4.32. The van der Waals surface area contributed by atoms with Crippen LogP contribution >= 0.6 is 0 Å². The lowest BCUT2D eigenvalue weighted by Crippen LogP contribution is -2.38. The van der Waals surface area contributed by atoms with Crippen molar-refractivity contribution in [3.63, 3.8) is 0 Å². The Morgan fingerprint density at radius 1 is 1.18 bits per heavy atom. The number of halogens is 3. The van der Waals surface area contributed by atoms with E-state index < -0.39 is 11.7 Å². The van der Waals surface area contributed by atoms with Gasteiger partial charge in [0.1, 0.15) is 11.9 Å². The standard InChI is InChI=1S/C17H24F3NO/c1-2-3-4-10-21-11-8-15(9-12-21)22-16-7-5-6-14(13-16)17(18,19)20/h5-7,13,15H,2-4,8-12H2,1H3. The largest absolute Gasteiger partial charge is 0.490 e. The molecule has 0 aromatic heterocycles. The number of unbranched alkanes of at least 4 members (excludes halogenated alkanes) is 2. The van der Waals surface area contributed by atoms with Crippen molar-refractivity contribution in [1.82, 2.24) is 4.90 Å². The summed E-state index contributed by atoms with van der Waals surface area (Å²) in [6.45, 7) is 5.24. The van der Waals surface area contributed by atoms with Crippen LogP contribution in [0.2, 0.25) is 0 Å². The quantitative estimate of drug-likeness (QED) is 0.703. The Balaban J connectivity index is 1.81. The number of alkyl halides is 3. The minimum absolute atomic E-state index is 0.0194. The van der Waals surface area contributed by atoms with E-state index >= 15 is 0 Å². The van der Waals surface area contributed by atoms with Gasteiger partial charge >= 0.3 is 6.18 Å². The molecule has 0 bridgehead atoms. The van der Waals surface area contributed by atoms with E-state index in [1.165, 1.54) is 25.3 Å². The first-order valence-electron chi connectivity index (χ1n) is 8.05. The minimum Gasteiger partial charge on any atom is -0.490 e. The number of rotatable bonds is 6. The van der Waals surface area contributed by atoms with Gasteiger partial charge in [-0.2, -0.15) is 13.2 Å². The fourth-order valence-corrected chi connectivity index (χ4v) is 2.77. The molecule has 5 heteroatoms. The molecule has 0 atom stereocenters. The van der Waals surface area contributed by atoms with Crippen LogP contribution in [0.25, 0.3) is 0 Å². The molecule has 0 saturated carbocycles. The van der Waals surface area contributed by atoms with Crippen LogP contribution < -0.4 is 4.74 Å². The van der Waals surface area contributed by atoms with E-state index in [1.807, 2.05) is 0 Å². The van der Waals surface area contributed by atoms with Crippen LogP contribution in [0.5, 0.6) is 5.75 Å². The second kappa shape index (κ2) is 7.86. The highest BCUT2D eigenvalue weighted by Crippen LogP contribution is 2.32. The molecular weight excluding hydrogens is 291 g/mol. The molecule has 1 fully saturated rings. The molecular formula is C17H24F3NO. The van der Waals surface area contributed by atoms with Gasteiger partial charge in [-0.1, -0.05) is 25.8 Å². The third-order valence-corrected chi connectivity index (χ3v) is 4.08. The van der Waals surface area contributed by atoms with E-state index in [2.05, 4.69) is 11.8 Å². The Bertz CT molecular complexity index is 453. The van der Waals surface area contributed by atoms with Crippen LogP contribution in [0.1, 0.15) is 44.6 Å². The number of nitrogens with zero attached hydrogens (tertiary/aromatic N) is 1. The molecule has 2 nitrogen and oxygen atoms in total. The van der Waals surface area contributed by atoms with Crippen molar-refractivity contribution in [2.75, 3.05) is 19.6 Å². The number of ether oxygens (including phenoxy) is 1. The Hall–Kier alpha value is -1.23. The second-order valence-corrected chi connectivity index (χ2v) is 5.89. The lowest BCUT2D eigenvalue weighted by Gasteiger charge is -2.32. The monoisotopic (exact) mass is 315 g/mol. The van der Waals surface area contributed by atoms with Crippen LogP contribution in [-0.4, -0.2) is 30.6 Å². The van der Waals surface area contributed by atoms with E-state index in [0.717, 1.165) is 44.6 Å². The van der Waals surface area contributed by atoms with Gasteiger partial charge in [0.15, 0.2) is 0 Å². The fraction of sp³-hybridized carbons (Fsp3) is 0.647. The molecule has 22 heavy (non-hydrogen) atoms. The van der Waals surface area contributed by atoms with Crippen molar-refractivity contribution >= 4 is 0 Å². The maximum Gasteiger partial charge on any atom is 0.416 e. The summed E-state index contributed by atoms with van der Waals surface area (Å²) in [4.78, 5) is 2.42. The summed E-state index contributed by atoms with van der Waals surface area (Å²) in [6, 6.07) is 5.16. The molecule has 1 aliphatic rings. The normalized spacial score (nSPS) is 17.6. The molecule has 1 aromatic carbocycles. The Morgan fingerprint density at radius 3 is 2.55 bits per heavy atom. The van der Waals surface area contributed by atoms with Gasteiger partial charge in [-0.05, 0) is 44.0 Å². The van der Waals surface area contributed by atoms with Crippen LogP contribution in [0.3, 0.4) is 0 Å². The zero-order valence-electron chi connectivity index (χ0n) is 13.0. The fourth-order valence-electron chi connectivity index (χ4n) is 2.77. The van der Waals surface area contributed by atoms with Crippen molar-refractivity contribution < 1.29 is 17.9 Å². The molecule has 1 heterocycles. The second-order valence-electron chi connectivity index (χ2n) is 5.89. The van der Waals surface area contributed by atoms with Gasteiger partial charge in [-0.25, -0.2) is 0 Å². The van der Waals surface area contributed by atoms with E-state index in [1.54, 1.807) is 6.07 Å². The van der Waals surface area contributed by atoms with Gasteiger partial charge in [0.25, 0.3) is 0 Å². The smallest absolute Gasteiger partial charge is 0.416 e. The molecule has 1 saturated heterocycles. The van der Waals surface area contributed by atoms with E-state index in [9.17, 15) is 13.2 Å². The first kappa shape index (κ1) is 17.1. The summed E-state index contributed by atoms with van der Waals surface area (Å²) < 4.78 is 43.8. The average Bonchev–Trinajstić information content (AvgIpc) is 2.49. The molecule has 0 N–H and O–H groups in total. The molecule has 1 aromatic rings. The lowest BCUT2D eigenvalue weighted by molar-refractivity contribution is -0.137. The Kier molecular flexibility index (Phi) is 6.12. The van der Waals surface area contributed by atoms with Crippen LogP contribution in [0.15, 0.2) is 24.3 Å². The van der Waals surface area contributed by atoms with Gasteiger partial charge in [-0.3, -0.25) is 0 Å². The number of hydrogen-bond donors (Lipinski definition) is 0. The van der Waals surface area contributed by atoms with Crippen LogP contribution in [0.4, 0.5) is 13.2 Å². The predicted octanol–water partition coefficient (Wildman–Crippen LogP) is 4.74. The zero-order chi connectivity index (χ0) is 16.0. The Morgan fingerprint density at radius 2 is 1.91 bits per heavy atom. The number of likely N-dealkylation sites (tertiary alicyclic amines) is 1. The van der Waals surface area contributed by atoms with Crippen molar-refractivity contribution in [2.24, 2.45) is 0 Å². The zero-order valence-corrected chi connectivity index (χ0v) is 13.0. The summed E-state index contributed by atoms with van der Waals surface area (Å²) in [7, 11) is 0. The molecule has 124 valence electrons. The van der Waals surface area contributed by atoms with Gasteiger partial charge in [-0.15, -0.1) is 0 Å². The highest BCUT2D eigenvalue weighted by Gasteiger charge is 2.31. The van der Waals surface area contributed by atoms with Gasteiger partial charge < -0.3 is 9.64 Å². The van der Waals surface area contributed by atoms with Crippen LogP contribution in [-0.2, 0) is 6.18 Å². The highest BCUT2D eigenvalue weighted by molar-refractivity contribution is 5.30. The molecule has 0 spiro atoms. The third kappa shape index (κ3) is 5.20. The highest BCUT2D eigenvalue weighted by atomic mass is 19.4. The summed E-state index contributed by atoms with van der Waals surface area (Å²) in [6.07, 6.45) is 1.14. The Labute approximate surface area is 130 Å². The lowest BCUT2D eigenvalue weighted by atomic mass is 10.1. The maximum absolute atomic E-state index is 12.7. The third-order valence-electron chi connectivity index (χ3n) is 4.08. The molecule has 0 unspecified atom stereocenters. The van der Waals surface area contributed by atoms with Crippen molar-refractivity contribution in [1.29, 1.82) is 0 Å². The molecule has 0 aliphatic carbocycles. The first-order valence-corrected chi connectivity index (χ1v) is 8.05. The number of hydrogen-bond acceptors (Lipinski definition) is 2. The summed E-state index contributed by atoms with van der Waals surface area (Å²) in [5.41, 5.74) is -0.651. The van der Waals surface area contributed by atoms with E-state index in [-0.39, 0.29) is 6.10 Å². The number of benzene rings is 1. The van der Waals surface area contributed by atoms with E-state index in [4.69, 9.17) is 4.74 Å². The van der Waals surface area contributed by atoms with Gasteiger partial charge in [0.05, 0.1) is 5.56 Å². The van der Waals surface area contributed by atoms with Crippen molar-refractivity contribution in [2.45, 2.75) is 51.3 Å². The summed E-state index contributed by atoms with van der Waals surface area (Å²) in [5.74, 6) is 0.319. The summed E-state index contributed by atoms with van der Waals surface area (Å²) in [5, 5.41) is 0. The topological polar surface area (TPSA) is 12.5 Å². The predicted molar refractivity (Wildman–Crippen MR) is 81.1 cm³/mol. The molecule has 0 amide bonds. The van der Waals surface area contributed by atoms with Crippen molar-refractivity contribution in [3.8, 4) is 5.75 Å². The van der Waals surface area contributed by atoms with Gasteiger partial charge in [0.2, 0.25) is 0 Å². The summed E-state index contributed by atoms with van der Waals surface area (Å²) >= 11 is 0. The first-order chi connectivity index (χ1) is 10.5. The van der Waals surface area contributed by atoms with E-state index in [0.29, 0.717) is 5.75 Å². The maximum atomic E-state index is 12.7. The molecule has 0 radical (unpaired) electrons. The number of piperidine rings is 1. The van der Waals surface area contributed by atoms with Gasteiger partial charge in [0, 0.05) is 13.1 Å². The SMILES string of the molecule is CCCCCN1CCC(Oc2cccc(C(F)(F)F)c2)CC1. The average molecular weight is 315 g/mol. The van der Waals surface area contributed by atoms with Crippen molar-refractivity contribution in [3.05, 3.63) is 29.8 Å². The molecule has 2 rings (SSSR count).